The lowest BCUT2D eigenvalue weighted by Gasteiger charge is -2.53. The molecule has 0 aliphatic carbocycles. The number of aliphatic hydroxyl groups excluding tert-OH is 1. The Hall–Kier alpha value is -2.39. The highest BCUT2D eigenvalue weighted by atomic mass is 16.7. The van der Waals surface area contributed by atoms with Gasteiger partial charge in [-0.15, -0.1) is 0 Å². The second-order valence-corrected chi connectivity index (χ2v) is 19.7. The lowest BCUT2D eigenvalue weighted by molar-refractivity contribution is -0.335. The quantitative estimate of drug-likeness (QED) is 0.0986. The Kier molecular flexibility index (Phi) is 19.8. The number of aliphatic hydroxyl groups is 4. The van der Waals surface area contributed by atoms with Gasteiger partial charge in [0.1, 0.15) is 34.8 Å². The fourth-order valence-electron chi connectivity index (χ4n) is 10.1. The van der Waals surface area contributed by atoms with Gasteiger partial charge in [0.25, 0.3) is 0 Å². The molecule has 0 aromatic heterocycles. The first kappa shape index (κ1) is 55.2. The van der Waals surface area contributed by atoms with Crippen LogP contribution < -0.4 is 30.2 Å². The number of hydrogen-bond donors (Lipinski definition) is 7. The molecular formula is C48H85N3O14. The number of rotatable bonds is 15. The second-order valence-electron chi connectivity index (χ2n) is 19.7. The van der Waals surface area contributed by atoms with Crippen molar-refractivity contribution in [1.29, 1.82) is 0 Å². The number of cyclic esters (lactones) is 1. The molecule has 18 atom stereocenters. The van der Waals surface area contributed by atoms with Gasteiger partial charge < -0.3 is 79.0 Å². The molecule has 3 fully saturated rings. The minimum Gasteiger partial charge on any atom is -0.497 e. The normalized spacial score (nSPS) is 42.6. The molecule has 0 bridgehead atoms. The van der Waals surface area contributed by atoms with Crippen LogP contribution in [0, 0.1) is 17.8 Å². The van der Waals surface area contributed by atoms with Gasteiger partial charge >= 0.3 is 5.97 Å². The lowest BCUT2D eigenvalue weighted by Crippen LogP contribution is -2.70. The highest BCUT2D eigenvalue weighted by Crippen LogP contribution is 2.44. The Morgan fingerprint density at radius 3 is 2.20 bits per heavy atom. The molecule has 10 unspecified atom stereocenters. The van der Waals surface area contributed by atoms with E-state index in [0.717, 1.165) is 6.42 Å². The van der Waals surface area contributed by atoms with Crippen molar-refractivity contribution in [2.24, 2.45) is 17.8 Å². The molecule has 65 heavy (non-hydrogen) atoms. The van der Waals surface area contributed by atoms with E-state index >= 15 is 0 Å². The minimum absolute atomic E-state index is 0.0802. The molecule has 17 nitrogen and oxygen atoms in total. The van der Waals surface area contributed by atoms with Gasteiger partial charge in [0.05, 0.1) is 56.2 Å². The number of carbonyl (C=O) groups excluding carboxylic acids is 1. The smallest absolute Gasteiger partial charge is 0.311 e. The highest BCUT2D eigenvalue weighted by molar-refractivity contribution is 5.73. The molecule has 7 N–H and O–H groups in total. The predicted octanol–water partition coefficient (Wildman–Crippen LogP) is 3.69. The zero-order chi connectivity index (χ0) is 48.7. The molecule has 4 rings (SSSR count). The Morgan fingerprint density at radius 1 is 0.908 bits per heavy atom. The first-order chi connectivity index (χ1) is 30.5. The standard InChI is InChI=1S/C48H85N3O14/c1-16-20-50-26-48(56)32(8)61-38(24-46(48,10)59-15)64-39-29(5)42(65-44-40(34(49-12)21-28(4)60-44)62-35-19-18-33(57-13)22-36(35)58-14)45(9,54)23-27(3)25-51-31(7)41(52)47(11,55)37(17-2)63-43(53)30(39)6/h18-19,22,27-32,34,37-42,44,49-52,54-56H,16-17,20-21,23-26H2,1-15H3/t27?,28-,29?,30?,31?,32+,34+,37?,38+,39?,40-,41?,42?,44+,45?,46-,47?,48+/m1/s1. The van der Waals surface area contributed by atoms with Crippen LogP contribution in [0.15, 0.2) is 18.2 Å². The number of ether oxygens (including phenoxy) is 9. The van der Waals surface area contributed by atoms with Crippen LogP contribution in [0.2, 0.25) is 0 Å². The molecule has 3 aliphatic rings. The van der Waals surface area contributed by atoms with Gasteiger partial charge in [0.2, 0.25) is 0 Å². The van der Waals surface area contributed by atoms with Crippen molar-refractivity contribution in [2.45, 2.75) is 198 Å². The summed E-state index contributed by atoms with van der Waals surface area (Å²) in [5.41, 5.74) is -6.06. The van der Waals surface area contributed by atoms with Crippen LogP contribution in [0.25, 0.3) is 0 Å². The van der Waals surface area contributed by atoms with Crippen molar-refractivity contribution >= 4 is 5.97 Å². The first-order valence-electron chi connectivity index (χ1n) is 23.7. The van der Waals surface area contributed by atoms with E-state index in [1.54, 1.807) is 74.1 Å². The topological polar surface area (TPSA) is 217 Å². The van der Waals surface area contributed by atoms with Crippen molar-refractivity contribution in [3.05, 3.63) is 18.2 Å². The van der Waals surface area contributed by atoms with Crippen LogP contribution in [0.1, 0.15) is 108 Å². The van der Waals surface area contributed by atoms with Crippen LogP contribution in [0.5, 0.6) is 17.2 Å². The highest BCUT2D eigenvalue weighted by Gasteiger charge is 2.58. The number of likely N-dealkylation sites (N-methyl/N-ethyl adjacent to an activating group) is 1. The summed E-state index contributed by atoms with van der Waals surface area (Å²) in [6.07, 6.45) is -6.57. The van der Waals surface area contributed by atoms with Gasteiger partial charge in [-0.1, -0.05) is 27.7 Å². The van der Waals surface area contributed by atoms with E-state index in [1.807, 2.05) is 41.7 Å². The largest absolute Gasteiger partial charge is 0.497 e. The molecule has 3 aliphatic heterocycles. The van der Waals surface area contributed by atoms with Gasteiger partial charge in [-0.2, -0.15) is 0 Å². The van der Waals surface area contributed by atoms with E-state index in [1.165, 1.54) is 6.92 Å². The van der Waals surface area contributed by atoms with Gasteiger partial charge in [0, 0.05) is 38.1 Å². The summed E-state index contributed by atoms with van der Waals surface area (Å²) in [5.74, 6) is -1.30. The monoisotopic (exact) mass is 928 g/mol. The Bertz CT molecular complexity index is 1640. The van der Waals surface area contributed by atoms with Gasteiger partial charge in [-0.05, 0) is 112 Å². The van der Waals surface area contributed by atoms with Crippen LogP contribution in [-0.4, -0.2) is 164 Å². The van der Waals surface area contributed by atoms with Gasteiger partial charge in [-0.3, -0.25) is 4.79 Å². The molecule has 376 valence electrons. The maximum atomic E-state index is 14.6. The number of esters is 1. The summed E-state index contributed by atoms with van der Waals surface area (Å²) in [5, 5.41) is 58.5. The predicted molar refractivity (Wildman–Crippen MR) is 245 cm³/mol. The Labute approximate surface area is 388 Å². The van der Waals surface area contributed by atoms with E-state index in [9.17, 15) is 25.2 Å². The van der Waals surface area contributed by atoms with Crippen molar-refractivity contribution in [1.82, 2.24) is 16.0 Å². The molecule has 1 aromatic rings. The van der Waals surface area contributed by atoms with Gasteiger partial charge in [-0.25, -0.2) is 0 Å². The zero-order valence-electron chi connectivity index (χ0n) is 41.8. The molecule has 0 amide bonds. The first-order valence-corrected chi connectivity index (χ1v) is 23.7. The molecule has 17 heteroatoms. The molecule has 0 spiro atoms. The third-order valence-corrected chi connectivity index (χ3v) is 14.4. The van der Waals surface area contributed by atoms with E-state index in [0.29, 0.717) is 36.8 Å². The lowest BCUT2D eigenvalue weighted by atomic mass is 9.75. The minimum atomic E-state index is -1.84. The average molecular weight is 928 g/mol. The molecule has 3 saturated heterocycles. The Balaban J connectivity index is 1.87. The van der Waals surface area contributed by atoms with Crippen LogP contribution >= 0.6 is 0 Å². The van der Waals surface area contributed by atoms with E-state index in [2.05, 4.69) is 16.0 Å². The third kappa shape index (κ3) is 12.6. The molecular weight excluding hydrogens is 843 g/mol. The summed E-state index contributed by atoms with van der Waals surface area (Å²) in [4.78, 5) is 14.6. The number of methoxy groups -OCH3 is 3. The summed E-state index contributed by atoms with van der Waals surface area (Å²) < 4.78 is 57.3. The molecule has 3 heterocycles. The maximum Gasteiger partial charge on any atom is 0.311 e. The fourth-order valence-corrected chi connectivity index (χ4v) is 10.1. The molecule has 1 aromatic carbocycles. The SMILES string of the molecule is CCCNC[C@]1(O)[C@H](C)O[C@@H](OC2C(C)C(=O)OC(CC)C(C)(O)C(O)C(C)NCC(C)CC(C)(O)C(O[C@@H]3O[C@H](C)C[C@H](NC)[C@H]3Oc3ccc(OC)cc3OC)C2C)C[C@@]1(C)OC. The van der Waals surface area contributed by atoms with E-state index < -0.39 is 95.5 Å². The number of hydrogen-bond acceptors (Lipinski definition) is 17. The van der Waals surface area contributed by atoms with Crippen LogP contribution in [0.4, 0.5) is 0 Å². The number of nitrogens with one attached hydrogen (secondary N) is 3. The van der Waals surface area contributed by atoms with Crippen molar-refractivity contribution in [3.63, 3.8) is 0 Å². The van der Waals surface area contributed by atoms with Crippen molar-refractivity contribution < 1.29 is 67.9 Å². The summed E-state index contributed by atoms with van der Waals surface area (Å²) in [6, 6.07) is 4.36. The van der Waals surface area contributed by atoms with Crippen molar-refractivity contribution in [2.75, 3.05) is 48.0 Å². The number of carbonyl (C=O) groups is 1. The van der Waals surface area contributed by atoms with E-state index in [-0.39, 0.29) is 43.9 Å². The summed E-state index contributed by atoms with van der Waals surface area (Å²) in [6.45, 7) is 21.0. The Morgan fingerprint density at radius 2 is 1.60 bits per heavy atom. The van der Waals surface area contributed by atoms with Crippen LogP contribution in [0.3, 0.4) is 0 Å². The number of benzene rings is 1. The zero-order valence-corrected chi connectivity index (χ0v) is 41.8. The maximum absolute atomic E-state index is 14.6. The van der Waals surface area contributed by atoms with E-state index in [4.69, 9.17) is 42.6 Å². The summed E-state index contributed by atoms with van der Waals surface area (Å²) >= 11 is 0. The van der Waals surface area contributed by atoms with Crippen molar-refractivity contribution in [3.8, 4) is 17.2 Å². The summed E-state index contributed by atoms with van der Waals surface area (Å²) in [7, 11) is 6.50. The molecule has 0 radical (unpaired) electrons. The van der Waals surface area contributed by atoms with Gasteiger partial charge in [0.15, 0.2) is 30.2 Å². The van der Waals surface area contributed by atoms with Crippen LogP contribution in [-0.2, 0) is 33.2 Å². The molecule has 0 saturated carbocycles. The average Bonchev–Trinajstić information content (AvgIpc) is 3.26. The fraction of sp³-hybridized carbons (Fsp3) is 0.854. The third-order valence-electron chi connectivity index (χ3n) is 14.4. The second kappa shape index (κ2) is 23.3.